The Morgan fingerprint density at radius 1 is 1.50 bits per heavy atom. The molecule has 1 aliphatic rings. The number of carboxylic acid groups (broad SMARTS) is 1. The molecule has 20 heavy (non-hydrogen) atoms. The van der Waals surface area contributed by atoms with E-state index in [9.17, 15) is 9.90 Å². The van der Waals surface area contributed by atoms with Gasteiger partial charge in [-0.1, -0.05) is 42.3 Å². The van der Waals surface area contributed by atoms with Crippen LogP contribution in [0.15, 0.2) is 18.2 Å². The Bertz CT molecular complexity index is 521. The molecular weight excluding hydrogens is 297 g/mol. The zero-order valence-corrected chi connectivity index (χ0v) is 13.2. The maximum atomic E-state index is 11.5. The summed E-state index contributed by atoms with van der Waals surface area (Å²) in [7, 11) is 0. The van der Waals surface area contributed by atoms with Gasteiger partial charge in [-0.2, -0.15) is 0 Å². The number of benzene rings is 1. The number of aliphatic carboxylic acids is 1. The van der Waals surface area contributed by atoms with E-state index in [0.717, 1.165) is 12.1 Å². The van der Waals surface area contributed by atoms with Crippen LogP contribution in [0.3, 0.4) is 0 Å². The highest BCUT2D eigenvalue weighted by Crippen LogP contribution is 2.40. The number of rotatable bonds is 4. The first-order valence-corrected chi connectivity index (χ1v) is 7.58. The number of nitrogens with zero attached hydrogens (tertiary/aromatic N) is 1. The van der Waals surface area contributed by atoms with E-state index in [1.807, 2.05) is 26.0 Å². The lowest BCUT2D eigenvalue weighted by molar-refractivity contribution is -0.148. The first kappa shape index (κ1) is 15.6. The van der Waals surface area contributed by atoms with Crippen molar-refractivity contribution >= 4 is 29.2 Å². The molecule has 1 fully saturated rings. The fourth-order valence-corrected chi connectivity index (χ4v) is 3.36. The Kier molecular flexibility index (Phi) is 4.62. The normalized spacial score (nSPS) is 24.8. The maximum absolute atomic E-state index is 11.5. The average molecular weight is 316 g/mol. The van der Waals surface area contributed by atoms with Crippen molar-refractivity contribution in [3.63, 3.8) is 0 Å². The largest absolute Gasteiger partial charge is 0.481 e. The van der Waals surface area contributed by atoms with Crippen molar-refractivity contribution in [2.45, 2.75) is 32.7 Å². The van der Waals surface area contributed by atoms with Crippen LogP contribution in [0, 0.1) is 5.41 Å². The molecule has 2 unspecified atom stereocenters. The second kappa shape index (κ2) is 5.92. The van der Waals surface area contributed by atoms with Gasteiger partial charge in [0.1, 0.15) is 0 Å². The molecule has 1 aliphatic heterocycles. The molecule has 1 aromatic rings. The van der Waals surface area contributed by atoms with Gasteiger partial charge in [0.25, 0.3) is 0 Å². The topological polar surface area (TPSA) is 40.5 Å². The van der Waals surface area contributed by atoms with Crippen molar-refractivity contribution in [3.8, 4) is 0 Å². The number of halogens is 2. The minimum absolute atomic E-state index is 0.0639. The highest BCUT2D eigenvalue weighted by atomic mass is 35.5. The lowest BCUT2D eigenvalue weighted by Gasteiger charge is -2.28. The summed E-state index contributed by atoms with van der Waals surface area (Å²) < 4.78 is 0. The standard InChI is InChI=1S/C15H19Cl2NO2/c1-3-15(14(19)20)7-8-18(9-15)10(2)11-5-4-6-12(16)13(11)17/h4-6,10H,3,7-9H2,1-2H3,(H,19,20). The van der Waals surface area contributed by atoms with Crippen molar-refractivity contribution in [1.29, 1.82) is 0 Å². The van der Waals surface area contributed by atoms with E-state index in [1.165, 1.54) is 0 Å². The summed E-state index contributed by atoms with van der Waals surface area (Å²) in [5, 5.41) is 10.6. The quantitative estimate of drug-likeness (QED) is 0.903. The molecule has 0 spiro atoms. The molecule has 2 rings (SSSR count). The van der Waals surface area contributed by atoms with Crippen molar-refractivity contribution in [1.82, 2.24) is 4.90 Å². The van der Waals surface area contributed by atoms with Crippen LogP contribution in [0.1, 0.15) is 38.3 Å². The molecule has 1 aromatic carbocycles. The smallest absolute Gasteiger partial charge is 0.310 e. The van der Waals surface area contributed by atoms with Gasteiger partial charge in [-0.05, 0) is 37.9 Å². The summed E-state index contributed by atoms with van der Waals surface area (Å²) >= 11 is 12.3. The molecular formula is C15H19Cl2NO2. The number of carboxylic acids is 1. The van der Waals surface area contributed by atoms with E-state index in [1.54, 1.807) is 6.07 Å². The number of hydrogen-bond donors (Lipinski definition) is 1. The van der Waals surface area contributed by atoms with E-state index in [0.29, 0.717) is 29.4 Å². The Hall–Kier alpha value is -0.770. The zero-order valence-electron chi connectivity index (χ0n) is 11.7. The molecule has 3 nitrogen and oxygen atoms in total. The zero-order chi connectivity index (χ0) is 14.9. The van der Waals surface area contributed by atoms with Gasteiger partial charge in [-0.15, -0.1) is 0 Å². The van der Waals surface area contributed by atoms with Crippen molar-refractivity contribution in [2.24, 2.45) is 5.41 Å². The average Bonchev–Trinajstić information content (AvgIpc) is 2.87. The van der Waals surface area contributed by atoms with Crippen LogP contribution in [-0.2, 0) is 4.79 Å². The molecule has 0 amide bonds. The second-order valence-electron chi connectivity index (χ2n) is 5.48. The van der Waals surface area contributed by atoms with Gasteiger partial charge in [-0.25, -0.2) is 0 Å². The van der Waals surface area contributed by atoms with Crippen molar-refractivity contribution < 1.29 is 9.90 Å². The summed E-state index contributed by atoms with van der Waals surface area (Å²) in [5.41, 5.74) is 0.329. The van der Waals surface area contributed by atoms with E-state index in [-0.39, 0.29) is 6.04 Å². The van der Waals surface area contributed by atoms with Gasteiger partial charge >= 0.3 is 5.97 Å². The van der Waals surface area contributed by atoms with Gasteiger partial charge in [0.05, 0.1) is 15.5 Å². The summed E-state index contributed by atoms with van der Waals surface area (Å²) in [5.74, 6) is -0.702. The second-order valence-corrected chi connectivity index (χ2v) is 6.26. The first-order valence-electron chi connectivity index (χ1n) is 6.82. The predicted molar refractivity (Wildman–Crippen MR) is 81.4 cm³/mol. The van der Waals surface area contributed by atoms with Crippen LogP contribution in [0.2, 0.25) is 10.0 Å². The highest BCUT2D eigenvalue weighted by molar-refractivity contribution is 6.42. The minimum Gasteiger partial charge on any atom is -0.481 e. The van der Waals surface area contributed by atoms with Crippen LogP contribution in [-0.4, -0.2) is 29.1 Å². The lowest BCUT2D eigenvalue weighted by Crippen LogP contribution is -2.35. The third-order valence-corrected chi connectivity index (χ3v) is 5.33. The van der Waals surface area contributed by atoms with E-state index >= 15 is 0 Å². The van der Waals surface area contributed by atoms with Crippen LogP contribution in [0.5, 0.6) is 0 Å². The highest BCUT2D eigenvalue weighted by Gasteiger charge is 2.44. The van der Waals surface area contributed by atoms with Crippen molar-refractivity contribution in [2.75, 3.05) is 13.1 Å². The Labute approximate surface area is 129 Å². The van der Waals surface area contributed by atoms with Gasteiger partial charge in [0.15, 0.2) is 0 Å². The fourth-order valence-electron chi connectivity index (χ4n) is 2.89. The molecule has 2 atom stereocenters. The van der Waals surface area contributed by atoms with E-state index in [2.05, 4.69) is 4.90 Å². The maximum Gasteiger partial charge on any atom is 0.310 e. The monoisotopic (exact) mass is 315 g/mol. The van der Waals surface area contributed by atoms with Gasteiger partial charge < -0.3 is 5.11 Å². The summed E-state index contributed by atoms with van der Waals surface area (Å²) in [6.45, 7) is 5.31. The molecule has 0 saturated carbocycles. The molecule has 0 aromatic heterocycles. The molecule has 1 N–H and O–H groups in total. The molecule has 0 radical (unpaired) electrons. The van der Waals surface area contributed by atoms with E-state index < -0.39 is 11.4 Å². The fraction of sp³-hybridized carbons (Fsp3) is 0.533. The van der Waals surface area contributed by atoms with Gasteiger partial charge in [0.2, 0.25) is 0 Å². The third kappa shape index (κ3) is 2.67. The number of likely N-dealkylation sites (tertiary alicyclic amines) is 1. The van der Waals surface area contributed by atoms with Crippen LogP contribution >= 0.6 is 23.2 Å². The number of hydrogen-bond acceptors (Lipinski definition) is 2. The predicted octanol–water partition coefficient (Wildman–Crippen LogP) is 4.24. The number of carbonyl (C=O) groups is 1. The van der Waals surface area contributed by atoms with Crippen LogP contribution in [0.4, 0.5) is 0 Å². The molecule has 1 heterocycles. The van der Waals surface area contributed by atoms with Gasteiger partial charge in [0, 0.05) is 12.6 Å². The molecule has 0 aliphatic carbocycles. The van der Waals surface area contributed by atoms with Crippen molar-refractivity contribution in [3.05, 3.63) is 33.8 Å². The molecule has 110 valence electrons. The summed E-state index contributed by atoms with van der Waals surface area (Å²) in [6.07, 6.45) is 1.33. The Morgan fingerprint density at radius 3 is 2.75 bits per heavy atom. The Balaban J connectivity index is 2.21. The SMILES string of the molecule is CCC1(C(=O)O)CCN(C(C)c2cccc(Cl)c2Cl)C1. The third-order valence-electron chi connectivity index (χ3n) is 4.49. The first-order chi connectivity index (χ1) is 9.41. The van der Waals surface area contributed by atoms with Crippen LogP contribution in [0.25, 0.3) is 0 Å². The summed E-state index contributed by atoms with van der Waals surface area (Å²) in [4.78, 5) is 13.7. The van der Waals surface area contributed by atoms with E-state index in [4.69, 9.17) is 23.2 Å². The van der Waals surface area contributed by atoms with Crippen LogP contribution < -0.4 is 0 Å². The molecule has 0 bridgehead atoms. The lowest BCUT2D eigenvalue weighted by atomic mass is 9.84. The minimum atomic E-state index is -0.702. The molecule has 1 saturated heterocycles. The summed E-state index contributed by atoms with van der Waals surface area (Å²) in [6, 6.07) is 5.65. The molecule has 5 heteroatoms. The Morgan fingerprint density at radius 2 is 2.20 bits per heavy atom. The van der Waals surface area contributed by atoms with Gasteiger partial charge in [-0.3, -0.25) is 9.69 Å².